The number of hydrazone groups is 1. The number of methoxy groups -OCH3 is 1. The molecule has 0 aliphatic heterocycles. The van der Waals surface area contributed by atoms with Crippen LogP contribution in [-0.2, 0) is 10.0 Å². The molecule has 0 atom stereocenters. The van der Waals surface area contributed by atoms with Crippen molar-refractivity contribution >= 4 is 39.2 Å². The minimum absolute atomic E-state index is 0.0969. The van der Waals surface area contributed by atoms with Gasteiger partial charge in [0.1, 0.15) is 4.21 Å². The van der Waals surface area contributed by atoms with E-state index >= 15 is 0 Å². The van der Waals surface area contributed by atoms with E-state index in [4.69, 9.17) is 4.74 Å². The number of phenols is 1. The number of benzene rings is 2. The summed E-state index contributed by atoms with van der Waals surface area (Å²) in [7, 11) is -2.38. The normalized spacial score (nSPS) is 11.3. The average Bonchev–Trinajstić information content (AvgIpc) is 3.25. The summed E-state index contributed by atoms with van der Waals surface area (Å²) in [4.78, 5) is 12.5. The second-order valence-electron chi connectivity index (χ2n) is 5.68. The molecule has 1 aromatic heterocycles. The molecular weight excluding hydrogens is 414 g/mol. The molecule has 2 aromatic carbocycles. The van der Waals surface area contributed by atoms with Gasteiger partial charge in [0.05, 0.1) is 24.6 Å². The summed E-state index contributed by atoms with van der Waals surface area (Å²) in [6.45, 7) is 0. The number of nitrogens with one attached hydrogen (secondary N) is 2. The van der Waals surface area contributed by atoms with Gasteiger partial charge in [0.25, 0.3) is 15.9 Å². The zero-order valence-electron chi connectivity index (χ0n) is 15.2. The Morgan fingerprint density at radius 3 is 2.66 bits per heavy atom. The van der Waals surface area contributed by atoms with Crippen molar-refractivity contribution < 1.29 is 23.1 Å². The van der Waals surface area contributed by atoms with Gasteiger partial charge in [0.15, 0.2) is 11.5 Å². The fraction of sp³-hybridized carbons (Fsp3) is 0.0526. The highest BCUT2D eigenvalue weighted by molar-refractivity contribution is 7.94. The molecule has 1 amide bonds. The number of ether oxygens (including phenoxy) is 1. The highest BCUT2D eigenvalue weighted by Gasteiger charge is 2.19. The van der Waals surface area contributed by atoms with Crippen molar-refractivity contribution in [3.63, 3.8) is 0 Å². The Kier molecular flexibility index (Phi) is 6.15. The van der Waals surface area contributed by atoms with Gasteiger partial charge in [-0.25, -0.2) is 13.8 Å². The van der Waals surface area contributed by atoms with Gasteiger partial charge >= 0.3 is 0 Å². The first-order valence-electron chi connectivity index (χ1n) is 8.27. The molecule has 0 unspecified atom stereocenters. The first-order chi connectivity index (χ1) is 13.9. The lowest BCUT2D eigenvalue weighted by Gasteiger charge is -2.10. The van der Waals surface area contributed by atoms with E-state index in [1.807, 2.05) is 0 Å². The van der Waals surface area contributed by atoms with Crippen molar-refractivity contribution in [2.75, 3.05) is 11.8 Å². The number of hydrogen-bond donors (Lipinski definition) is 3. The number of rotatable bonds is 7. The van der Waals surface area contributed by atoms with Crippen LogP contribution in [0.15, 0.2) is 69.3 Å². The van der Waals surface area contributed by atoms with E-state index in [9.17, 15) is 18.3 Å². The molecule has 0 bridgehead atoms. The van der Waals surface area contributed by atoms with Crippen molar-refractivity contribution in [3.8, 4) is 11.5 Å². The Balaban J connectivity index is 1.77. The van der Waals surface area contributed by atoms with Crippen LogP contribution in [0.1, 0.15) is 15.9 Å². The average molecular weight is 431 g/mol. The molecule has 3 aromatic rings. The van der Waals surface area contributed by atoms with Crippen LogP contribution in [0.2, 0.25) is 0 Å². The largest absolute Gasteiger partial charge is 0.504 e. The van der Waals surface area contributed by atoms with Crippen LogP contribution in [0.4, 0.5) is 5.69 Å². The highest BCUT2D eigenvalue weighted by atomic mass is 32.2. The summed E-state index contributed by atoms with van der Waals surface area (Å²) in [5.74, 6) is -0.459. The molecule has 0 fully saturated rings. The topological polar surface area (TPSA) is 117 Å². The molecule has 0 aliphatic carbocycles. The third-order valence-corrected chi connectivity index (χ3v) is 6.56. The Bertz CT molecular complexity index is 1140. The van der Waals surface area contributed by atoms with Gasteiger partial charge in [-0.1, -0.05) is 24.3 Å². The Hall–Kier alpha value is -3.37. The van der Waals surface area contributed by atoms with E-state index in [0.29, 0.717) is 5.56 Å². The van der Waals surface area contributed by atoms with Gasteiger partial charge in [-0.15, -0.1) is 11.3 Å². The molecule has 0 aliphatic rings. The molecular formula is C19H17N3O5S2. The first-order valence-corrected chi connectivity index (χ1v) is 10.6. The Morgan fingerprint density at radius 2 is 1.93 bits per heavy atom. The smallest absolute Gasteiger partial charge is 0.273 e. The van der Waals surface area contributed by atoms with Gasteiger partial charge < -0.3 is 9.84 Å². The molecule has 29 heavy (non-hydrogen) atoms. The number of thiophene rings is 1. The SMILES string of the molecule is COc1cccc(/C=N/NC(=O)c2ccccc2NS(=O)(=O)c2cccs2)c1O. The molecule has 0 spiro atoms. The fourth-order valence-corrected chi connectivity index (χ4v) is 4.48. The molecule has 150 valence electrons. The second kappa shape index (κ2) is 8.76. The molecule has 1 heterocycles. The van der Waals surface area contributed by atoms with Gasteiger partial charge in [-0.3, -0.25) is 9.52 Å². The number of aromatic hydroxyl groups is 1. The molecule has 8 nitrogen and oxygen atoms in total. The van der Waals surface area contributed by atoms with E-state index in [0.717, 1.165) is 11.3 Å². The van der Waals surface area contributed by atoms with Gasteiger partial charge in [-0.2, -0.15) is 5.10 Å². The number of carbonyl (C=O) groups is 1. The van der Waals surface area contributed by atoms with Crippen LogP contribution in [0.25, 0.3) is 0 Å². The summed E-state index contributed by atoms with van der Waals surface area (Å²) in [6.07, 6.45) is 1.26. The van der Waals surface area contributed by atoms with E-state index in [1.54, 1.807) is 41.8 Å². The van der Waals surface area contributed by atoms with E-state index in [1.165, 1.54) is 31.5 Å². The van der Waals surface area contributed by atoms with Crippen LogP contribution < -0.4 is 14.9 Å². The van der Waals surface area contributed by atoms with Crippen molar-refractivity contribution in [1.29, 1.82) is 0 Å². The number of nitrogens with zero attached hydrogens (tertiary/aromatic N) is 1. The molecule has 10 heteroatoms. The second-order valence-corrected chi connectivity index (χ2v) is 8.54. The lowest BCUT2D eigenvalue weighted by atomic mass is 10.2. The summed E-state index contributed by atoms with van der Waals surface area (Å²) < 4.78 is 32.4. The summed E-state index contributed by atoms with van der Waals surface area (Å²) >= 11 is 1.07. The predicted octanol–water partition coefficient (Wildman–Crippen LogP) is 3.03. The van der Waals surface area contributed by atoms with Crippen molar-refractivity contribution in [2.24, 2.45) is 5.10 Å². The monoisotopic (exact) mass is 431 g/mol. The molecule has 3 N–H and O–H groups in total. The zero-order valence-corrected chi connectivity index (χ0v) is 16.8. The maximum atomic E-state index is 12.5. The molecule has 0 saturated carbocycles. The van der Waals surface area contributed by atoms with E-state index in [2.05, 4.69) is 15.2 Å². The molecule has 3 rings (SSSR count). The van der Waals surface area contributed by atoms with Gasteiger partial charge in [0.2, 0.25) is 0 Å². The Labute approximate surface area is 171 Å². The molecule has 0 saturated heterocycles. The third kappa shape index (κ3) is 4.73. The van der Waals surface area contributed by atoms with Crippen molar-refractivity contribution in [1.82, 2.24) is 5.43 Å². The number of phenolic OH excluding ortho intramolecular Hbond substituents is 1. The summed E-state index contributed by atoms with van der Waals surface area (Å²) in [5, 5.41) is 15.5. The van der Waals surface area contributed by atoms with Crippen LogP contribution in [-0.4, -0.2) is 32.8 Å². The van der Waals surface area contributed by atoms with Gasteiger partial charge in [-0.05, 0) is 35.7 Å². The summed E-state index contributed by atoms with van der Waals surface area (Å²) in [6, 6.07) is 14.1. The van der Waals surface area contributed by atoms with E-state index in [-0.39, 0.29) is 27.0 Å². The zero-order chi connectivity index (χ0) is 20.9. The third-order valence-electron chi connectivity index (χ3n) is 3.80. The van der Waals surface area contributed by atoms with Crippen LogP contribution >= 0.6 is 11.3 Å². The number of carbonyl (C=O) groups excluding carboxylic acids is 1. The fourth-order valence-electron chi connectivity index (χ4n) is 2.41. The van der Waals surface area contributed by atoms with Crippen LogP contribution in [0, 0.1) is 0 Å². The number of hydrogen-bond acceptors (Lipinski definition) is 7. The number of sulfonamides is 1. The number of para-hydroxylation sites is 2. The standard InChI is InChI=1S/C19H17N3O5S2/c1-27-16-9-4-6-13(18(16)23)12-20-21-19(24)14-7-2-3-8-15(14)22-29(25,26)17-10-5-11-28-17/h2-12,22-23H,1H3,(H,21,24)/b20-12+. The minimum atomic E-state index is -3.80. The maximum absolute atomic E-state index is 12.5. The lowest BCUT2D eigenvalue weighted by molar-refractivity contribution is 0.0956. The summed E-state index contributed by atoms with van der Waals surface area (Å²) in [5.41, 5.74) is 2.88. The minimum Gasteiger partial charge on any atom is -0.504 e. The van der Waals surface area contributed by atoms with Gasteiger partial charge in [0, 0.05) is 5.56 Å². The quantitative estimate of drug-likeness (QED) is 0.393. The highest BCUT2D eigenvalue weighted by Crippen LogP contribution is 2.28. The number of anilines is 1. The Morgan fingerprint density at radius 1 is 1.14 bits per heavy atom. The lowest BCUT2D eigenvalue weighted by Crippen LogP contribution is -2.21. The van der Waals surface area contributed by atoms with Crippen LogP contribution in [0.5, 0.6) is 11.5 Å². The van der Waals surface area contributed by atoms with Crippen LogP contribution in [0.3, 0.4) is 0 Å². The maximum Gasteiger partial charge on any atom is 0.273 e. The molecule has 0 radical (unpaired) electrons. The first kappa shape index (κ1) is 20.4. The van der Waals surface area contributed by atoms with Crippen molar-refractivity contribution in [3.05, 3.63) is 71.1 Å². The van der Waals surface area contributed by atoms with E-state index < -0.39 is 15.9 Å². The number of amides is 1. The van der Waals surface area contributed by atoms with Crippen molar-refractivity contribution in [2.45, 2.75) is 4.21 Å². The predicted molar refractivity (Wildman–Crippen MR) is 111 cm³/mol.